The number of likely N-dealkylation sites (N-methyl/N-ethyl adjacent to an activating group) is 1. The Morgan fingerprint density at radius 2 is 2.05 bits per heavy atom. The molecule has 2 aliphatic carbocycles. The van der Waals surface area contributed by atoms with Gasteiger partial charge in [-0.25, -0.2) is 0 Å². The Balaban J connectivity index is 1.79. The standard InChI is InChI=1S/C17H34N2O2/c1-3-19(12-13-21-4-2)11-9-15-6-5-10-17(15,14-20)18-16-7-8-16/h15-16,18,20H,3-14H2,1-2H3. The van der Waals surface area contributed by atoms with Crippen molar-refractivity contribution in [3.05, 3.63) is 0 Å². The summed E-state index contributed by atoms with van der Waals surface area (Å²) < 4.78 is 5.47. The molecule has 2 unspecified atom stereocenters. The van der Waals surface area contributed by atoms with Crippen LogP contribution in [0.25, 0.3) is 0 Å². The smallest absolute Gasteiger partial charge is 0.0616 e. The van der Waals surface area contributed by atoms with E-state index in [1.807, 2.05) is 6.92 Å². The summed E-state index contributed by atoms with van der Waals surface area (Å²) in [6, 6.07) is 0.679. The van der Waals surface area contributed by atoms with Crippen LogP contribution >= 0.6 is 0 Å². The quantitative estimate of drug-likeness (QED) is 0.573. The van der Waals surface area contributed by atoms with Crippen LogP contribution in [-0.4, -0.2) is 61.0 Å². The van der Waals surface area contributed by atoms with E-state index < -0.39 is 0 Å². The molecule has 4 heteroatoms. The van der Waals surface area contributed by atoms with Crippen molar-refractivity contribution >= 4 is 0 Å². The fourth-order valence-corrected chi connectivity index (χ4v) is 3.75. The maximum Gasteiger partial charge on any atom is 0.0616 e. The maximum absolute atomic E-state index is 9.96. The first-order valence-corrected chi connectivity index (χ1v) is 8.92. The molecule has 2 atom stereocenters. The van der Waals surface area contributed by atoms with Crippen molar-refractivity contribution in [2.24, 2.45) is 5.92 Å². The Hall–Kier alpha value is -0.160. The Morgan fingerprint density at radius 3 is 2.67 bits per heavy atom. The lowest BCUT2D eigenvalue weighted by Crippen LogP contribution is -2.53. The van der Waals surface area contributed by atoms with Gasteiger partial charge in [-0.05, 0) is 58.0 Å². The van der Waals surface area contributed by atoms with E-state index in [9.17, 15) is 5.11 Å². The third-order valence-electron chi connectivity index (χ3n) is 5.31. The number of hydrogen-bond acceptors (Lipinski definition) is 4. The number of aliphatic hydroxyl groups excluding tert-OH is 1. The summed E-state index contributed by atoms with van der Waals surface area (Å²) in [6.45, 7) is 9.46. The summed E-state index contributed by atoms with van der Waals surface area (Å²) >= 11 is 0. The van der Waals surface area contributed by atoms with Gasteiger partial charge in [-0.1, -0.05) is 13.3 Å². The van der Waals surface area contributed by atoms with Crippen molar-refractivity contribution in [1.29, 1.82) is 0 Å². The molecule has 0 heterocycles. The van der Waals surface area contributed by atoms with Crippen molar-refractivity contribution < 1.29 is 9.84 Å². The monoisotopic (exact) mass is 298 g/mol. The van der Waals surface area contributed by atoms with Crippen molar-refractivity contribution in [1.82, 2.24) is 10.2 Å². The second-order valence-corrected chi connectivity index (χ2v) is 6.74. The SMILES string of the molecule is CCOCCN(CC)CCC1CCCC1(CO)NC1CC1. The van der Waals surface area contributed by atoms with E-state index in [-0.39, 0.29) is 5.54 Å². The van der Waals surface area contributed by atoms with Crippen molar-refractivity contribution in [2.75, 3.05) is 39.5 Å². The maximum atomic E-state index is 9.96. The van der Waals surface area contributed by atoms with Crippen LogP contribution in [0.3, 0.4) is 0 Å². The summed E-state index contributed by atoms with van der Waals surface area (Å²) in [5, 5.41) is 13.7. The van der Waals surface area contributed by atoms with Crippen LogP contribution in [0.15, 0.2) is 0 Å². The highest BCUT2D eigenvalue weighted by Crippen LogP contribution is 2.40. The van der Waals surface area contributed by atoms with E-state index in [0.29, 0.717) is 18.6 Å². The lowest BCUT2D eigenvalue weighted by Gasteiger charge is -2.36. The van der Waals surface area contributed by atoms with Gasteiger partial charge in [-0.3, -0.25) is 0 Å². The van der Waals surface area contributed by atoms with Gasteiger partial charge in [-0.2, -0.15) is 0 Å². The first-order valence-electron chi connectivity index (χ1n) is 8.92. The first-order chi connectivity index (χ1) is 10.2. The van der Waals surface area contributed by atoms with E-state index in [1.165, 1.54) is 32.1 Å². The largest absolute Gasteiger partial charge is 0.394 e. The third kappa shape index (κ3) is 4.92. The summed E-state index contributed by atoms with van der Waals surface area (Å²) in [5.41, 5.74) is 0.0144. The van der Waals surface area contributed by atoms with Gasteiger partial charge in [0.25, 0.3) is 0 Å². The molecular formula is C17H34N2O2. The van der Waals surface area contributed by atoms with Gasteiger partial charge in [0.1, 0.15) is 0 Å². The molecule has 2 N–H and O–H groups in total. The Labute approximate surface area is 130 Å². The van der Waals surface area contributed by atoms with E-state index >= 15 is 0 Å². The molecule has 2 fully saturated rings. The topological polar surface area (TPSA) is 44.7 Å². The van der Waals surface area contributed by atoms with Gasteiger partial charge in [0, 0.05) is 24.7 Å². The Bertz CT molecular complexity index is 297. The van der Waals surface area contributed by atoms with E-state index in [2.05, 4.69) is 17.1 Å². The first kappa shape index (κ1) is 17.2. The zero-order chi connectivity index (χ0) is 15.1. The molecule has 0 bridgehead atoms. The Kier molecular flexibility index (Phi) is 6.93. The highest BCUT2D eigenvalue weighted by atomic mass is 16.5. The van der Waals surface area contributed by atoms with Crippen LogP contribution in [0.2, 0.25) is 0 Å². The third-order valence-corrected chi connectivity index (χ3v) is 5.31. The van der Waals surface area contributed by atoms with Crippen molar-refractivity contribution in [3.63, 3.8) is 0 Å². The number of nitrogens with one attached hydrogen (secondary N) is 1. The molecule has 0 radical (unpaired) electrons. The molecule has 2 aliphatic rings. The number of nitrogens with zero attached hydrogens (tertiary/aromatic N) is 1. The average Bonchev–Trinajstić information content (AvgIpc) is 3.22. The van der Waals surface area contributed by atoms with E-state index in [1.54, 1.807) is 0 Å². The van der Waals surface area contributed by atoms with Crippen molar-refractivity contribution in [2.45, 2.75) is 64.0 Å². The van der Waals surface area contributed by atoms with Gasteiger partial charge < -0.3 is 20.1 Å². The minimum atomic E-state index is 0.0144. The molecule has 0 saturated heterocycles. The summed E-state index contributed by atoms with van der Waals surface area (Å²) in [4.78, 5) is 2.48. The van der Waals surface area contributed by atoms with Crippen LogP contribution in [0.4, 0.5) is 0 Å². The molecule has 124 valence electrons. The zero-order valence-electron chi connectivity index (χ0n) is 13.9. The highest BCUT2D eigenvalue weighted by Gasteiger charge is 2.44. The van der Waals surface area contributed by atoms with Crippen LogP contribution in [0, 0.1) is 5.92 Å². The van der Waals surface area contributed by atoms with E-state index in [0.717, 1.165) is 39.3 Å². The van der Waals surface area contributed by atoms with E-state index in [4.69, 9.17) is 4.74 Å². The summed E-state index contributed by atoms with van der Waals surface area (Å²) in [5.74, 6) is 0.629. The summed E-state index contributed by atoms with van der Waals surface area (Å²) in [6.07, 6.45) is 7.46. The molecule has 0 aromatic rings. The zero-order valence-corrected chi connectivity index (χ0v) is 13.9. The van der Waals surface area contributed by atoms with Crippen LogP contribution in [0.5, 0.6) is 0 Å². The van der Waals surface area contributed by atoms with Crippen LogP contribution < -0.4 is 5.32 Å². The Morgan fingerprint density at radius 1 is 1.24 bits per heavy atom. The minimum absolute atomic E-state index is 0.0144. The van der Waals surface area contributed by atoms with Crippen molar-refractivity contribution in [3.8, 4) is 0 Å². The molecule has 0 aromatic heterocycles. The highest BCUT2D eigenvalue weighted by molar-refractivity contribution is 5.03. The second kappa shape index (κ2) is 8.47. The molecule has 0 aliphatic heterocycles. The molecule has 0 amide bonds. The molecule has 2 rings (SSSR count). The lowest BCUT2D eigenvalue weighted by molar-refractivity contribution is 0.0944. The fraction of sp³-hybridized carbons (Fsp3) is 1.00. The predicted molar refractivity (Wildman–Crippen MR) is 86.5 cm³/mol. The predicted octanol–water partition coefficient (Wildman–Crippen LogP) is 2.02. The number of ether oxygens (including phenoxy) is 1. The fourth-order valence-electron chi connectivity index (χ4n) is 3.75. The molecule has 21 heavy (non-hydrogen) atoms. The molecule has 2 saturated carbocycles. The van der Waals surface area contributed by atoms with Gasteiger partial charge in [0.05, 0.1) is 13.2 Å². The van der Waals surface area contributed by atoms with Gasteiger partial charge in [0.15, 0.2) is 0 Å². The minimum Gasteiger partial charge on any atom is -0.394 e. The molecular weight excluding hydrogens is 264 g/mol. The number of hydrogen-bond donors (Lipinski definition) is 2. The van der Waals surface area contributed by atoms with Gasteiger partial charge in [0.2, 0.25) is 0 Å². The normalized spacial score (nSPS) is 29.4. The molecule has 0 spiro atoms. The second-order valence-electron chi connectivity index (χ2n) is 6.74. The molecule has 0 aromatic carbocycles. The summed E-state index contributed by atoms with van der Waals surface area (Å²) in [7, 11) is 0. The average molecular weight is 298 g/mol. The molecule has 4 nitrogen and oxygen atoms in total. The van der Waals surface area contributed by atoms with Gasteiger partial charge in [-0.15, -0.1) is 0 Å². The van der Waals surface area contributed by atoms with Gasteiger partial charge >= 0.3 is 0 Å². The van der Waals surface area contributed by atoms with Crippen LogP contribution in [-0.2, 0) is 4.74 Å². The number of aliphatic hydroxyl groups is 1. The number of rotatable bonds is 11. The van der Waals surface area contributed by atoms with Crippen LogP contribution in [0.1, 0.15) is 52.4 Å². The lowest BCUT2D eigenvalue weighted by atomic mass is 9.85.